The summed E-state index contributed by atoms with van der Waals surface area (Å²) in [6, 6.07) is 10.6. The summed E-state index contributed by atoms with van der Waals surface area (Å²) < 4.78 is 7.26. The number of phenolic OH excluding ortho intramolecular Hbond substituents is 1. The number of fused-ring (bicyclic) bond motifs is 1. The van der Waals surface area contributed by atoms with E-state index in [-0.39, 0.29) is 11.7 Å². The van der Waals surface area contributed by atoms with Crippen LogP contribution in [0.25, 0.3) is 5.65 Å². The number of nitrogens with zero attached hydrogens (tertiary/aromatic N) is 4. The lowest BCUT2D eigenvalue weighted by Gasteiger charge is -2.26. The van der Waals surface area contributed by atoms with E-state index in [9.17, 15) is 9.90 Å². The van der Waals surface area contributed by atoms with Crippen LogP contribution in [0, 0.1) is 18.8 Å². The van der Waals surface area contributed by atoms with Crippen LogP contribution in [0.1, 0.15) is 32.7 Å². The number of aromatic nitrogens is 3. The van der Waals surface area contributed by atoms with Crippen LogP contribution in [0.3, 0.4) is 0 Å². The number of benzene rings is 2. The molecule has 1 aliphatic heterocycles. The zero-order chi connectivity index (χ0) is 24.2. The minimum Gasteiger partial charge on any atom is -0.508 e. The molecule has 0 radical (unpaired) electrons. The van der Waals surface area contributed by atoms with Gasteiger partial charge in [0.25, 0.3) is 5.91 Å². The second-order valence-corrected chi connectivity index (χ2v) is 8.46. The minimum atomic E-state index is -0.267. The maximum Gasteiger partial charge on any atom is 0.255 e. The highest BCUT2D eigenvalue weighted by atomic mass is 16.5. The molecule has 1 fully saturated rings. The summed E-state index contributed by atoms with van der Waals surface area (Å²) in [7, 11) is 0. The first-order valence-electron chi connectivity index (χ1n) is 11.4. The maximum atomic E-state index is 13.0. The SMILES string of the molecule is Cc1ccc(C(=O)Nc2cc(O)cc(CN3CCOCC3)c2)cc1C#Cc1cnc2cnccn12. The lowest BCUT2D eigenvalue weighted by molar-refractivity contribution is 0.0342. The van der Waals surface area contributed by atoms with E-state index in [1.165, 1.54) is 0 Å². The Labute approximate surface area is 203 Å². The van der Waals surface area contributed by atoms with E-state index in [0.29, 0.717) is 31.0 Å². The van der Waals surface area contributed by atoms with Gasteiger partial charge in [-0.1, -0.05) is 12.0 Å². The maximum absolute atomic E-state index is 13.0. The van der Waals surface area contributed by atoms with E-state index in [4.69, 9.17) is 4.74 Å². The Morgan fingerprint density at radius 1 is 1.14 bits per heavy atom. The Morgan fingerprint density at radius 3 is 2.86 bits per heavy atom. The molecule has 176 valence electrons. The van der Waals surface area contributed by atoms with Gasteiger partial charge in [-0.3, -0.25) is 19.1 Å². The van der Waals surface area contributed by atoms with Gasteiger partial charge in [-0.2, -0.15) is 0 Å². The number of phenols is 1. The molecule has 2 aromatic heterocycles. The zero-order valence-electron chi connectivity index (χ0n) is 19.4. The summed E-state index contributed by atoms with van der Waals surface area (Å²) in [6.07, 6.45) is 6.87. The first-order chi connectivity index (χ1) is 17.0. The third-order valence-corrected chi connectivity index (χ3v) is 5.89. The predicted molar refractivity (Wildman–Crippen MR) is 132 cm³/mol. The van der Waals surface area contributed by atoms with Gasteiger partial charge in [0, 0.05) is 54.9 Å². The van der Waals surface area contributed by atoms with Crippen molar-refractivity contribution in [2.45, 2.75) is 13.5 Å². The second-order valence-electron chi connectivity index (χ2n) is 8.46. The molecule has 0 atom stereocenters. The number of carbonyl (C=O) groups excluding carboxylic acids is 1. The van der Waals surface area contributed by atoms with Gasteiger partial charge in [-0.15, -0.1) is 0 Å². The average molecular weight is 468 g/mol. The monoisotopic (exact) mass is 467 g/mol. The topological polar surface area (TPSA) is 92.0 Å². The van der Waals surface area contributed by atoms with Gasteiger partial charge >= 0.3 is 0 Å². The molecule has 0 aliphatic carbocycles. The smallest absolute Gasteiger partial charge is 0.255 e. The van der Waals surface area contributed by atoms with Gasteiger partial charge in [0.2, 0.25) is 0 Å². The molecular formula is C27H25N5O3. The molecule has 1 amide bonds. The Kier molecular flexibility index (Phi) is 6.44. The van der Waals surface area contributed by atoms with Gasteiger partial charge in [0.1, 0.15) is 11.4 Å². The van der Waals surface area contributed by atoms with Crippen molar-refractivity contribution in [2.24, 2.45) is 0 Å². The molecular weight excluding hydrogens is 442 g/mol. The molecule has 0 bridgehead atoms. The molecule has 4 aromatic rings. The third-order valence-electron chi connectivity index (χ3n) is 5.89. The number of hydrogen-bond donors (Lipinski definition) is 2. The van der Waals surface area contributed by atoms with Crippen LogP contribution in [0.15, 0.2) is 61.2 Å². The summed E-state index contributed by atoms with van der Waals surface area (Å²) in [6.45, 7) is 5.74. The first-order valence-corrected chi connectivity index (χ1v) is 11.4. The number of rotatable bonds is 4. The molecule has 0 unspecified atom stereocenters. The lowest BCUT2D eigenvalue weighted by Crippen LogP contribution is -2.35. The predicted octanol–water partition coefficient (Wildman–Crippen LogP) is 3.23. The van der Waals surface area contributed by atoms with Crippen LogP contribution in [0.5, 0.6) is 5.75 Å². The van der Waals surface area contributed by atoms with Gasteiger partial charge in [-0.05, 0) is 48.2 Å². The number of ether oxygens (including phenoxy) is 1. The largest absolute Gasteiger partial charge is 0.508 e. The van der Waals surface area contributed by atoms with Crippen molar-refractivity contribution in [3.8, 4) is 17.6 Å². The third kappa shape index (κ3) is 5.32. The number of imidazole rings is 1. The van der Waals surface area contributed by atoms with E-state index in [1.807, 2.05) is 29.7 Å². The number of aromatic hydroxyl groups is 1. The van der Waals surface area contributed by atoms with E-state index in [0.717, 1.165) is 41.1 Å². The molecule has 2 aromatic carbocycles. The van der Waals surface area contributed by atoms with Crippen LogP contribution in [-0.2, 0) is 11.3 Å². The molecule has 2 N–H and O–H groups in total. The lowest BCUT2D eigenvalue weighted by atomic mass is 10.0. The second kappa shape index (κ2) is 9.97. The van der Waals surface area contributed by atoms with Gasteiger partial charge < -0.3 is 15.2 Å². The van der Waals surface area contributed by atoms with E-state index in [2.05, 4.69) is 32.0 Å². The van der Waals surface area contributed by atoms with Crippen LogP contribution >= 0.6 is 0 Å². The van der Waals surface area contributed by atoms with Crippen LogP contribution in [0.4, 0.5) is 5.69 Å². The molecule has 8 nitrogen and oxygen atoms in total. The number of amides is 1. The number of aryl methyl sites for hydroxylation is 1. The highest BCUT2D eigenvalue weighted by Crippen LogP contribution is 2.22. The number of morpholine rings is 1. The summed E-state index contributed by atoms with van der Waals surface area (Å²) in [5, 5.41) is 13.1. The Hall–Kier alpha value is -4.19. The Bertz CT molecular complexity index is 1440. The summed E-state index contributed by atoms with van der Waals surface area (Å²) in [5.74, 6) is 6.15. The van der Waals surface area contributed by atoms with Crippen molar-refractivity contribution in [1.29, 1.82) is 0 Å². The van der Waals surface area contributed by atoms with Crippen LogP contribution < -0.4 is 5.32 Å². The molecule has 5 rings (SSSR count). The fourth-order valence-electron chi connectivity index (χ4n) is 4.02. The molecule has 0 saturated carbocycles. The first kappa shape index (κ1) is 22.6. The molecule has 35 heavy (non-hydrogen) atoms. The molecule has 0 spiro atoms. The van der Waals surface area contributed by atoms with Crippen molar-refractivity contribution in [1.82, 2.24) is 19.3 Å². The van der Waals surface area contributed by atoms with Crippen LogP contribution in [0.2, 0.25) is 0 Å². The van der Waals surface area contributed by atoms with Gasteiger partial charge in [-0.25, -0.2) is 4.98 Å². The average Bonchev–Trinajstić information content (AvgIpc) is 3.27. The summed E-state index contributed by atoms with van der Waals surface area (Å²) in [4.78, 5) is 23.6. The molecule has 8 heteroatoms. The van der Waals surface area contributed by atoms with Crippen LogP contribution in [-0.4, -0.2) is 56.6 Å². The van der Waals surface area contributed by atoms with Crippen molar-refractivity contribution in [3.05, 3.63) is 89.1 Å². The van der Waals surface area contributed by atoms with Gasteiger partial charge in [0.15, 0.2) is 5.65 Å². The fourth-order valence-corrected chi connectivity index (χ4v) is 4.02. The Morgan fingerprint density at radius 2 is 2.00 bits per heavy atom. The molecule has 3 heterocycles. The highest BCUT2D eigenvalue weighted by molar-refractivity contribution is 6.04. The quantitative estimate of drug-likeness (QED) is 0.448. The Balaban J connectivity index is 1.34. The molecule has 1 aliphatic rings. The number of carbonyl (C=O) groups is 1. The van der Waals surface area contributed by atoms with E-state index >= 15 is 0 Å². The summed E-state index contributed by atoms with van der Waals surface area (Å²) >= 11 is 0. The van der Waals surface area contributed by atoms with Crippen molar-refractivity contribution in [2.75, 3.05) is 31.6 Å². The minimum absolute atomic E-state index is 0.116. The van der Waals surface area contributed by atoms with Crippen molar-refractivity contribution in [3.63, 3.8) is 0 Å². The number of nitrogens with one attached hydrogen (secondary N) is 1. The normalized spacial score (nSPS) is 13.9. The fraction of sp³-hybridized carbons (Fsp3) is 0.222. The van der Waals surface area contributed by atoms with E-state index in [1.54, 1.807) is 42.9 Å². The van der Waals surface area contributed by atoms with Crippen molar-refractivity contribution >= 4 is 17.2 Å². The highest BCUT2D eigenvalue weighted by Gasteiger charge is 2.13. The van der Waals surface area contributed by atoms with Crippen molar-refractivity contribution < 1.29 is 14.6 Å². The number of hydrogen-bond acceptors (Lipinski definition) is 6. The van der Waals surface area contributed by atoms with E-state index < -0.39 is 0 Å². The number of anilines is 1. The van der Waals surface area contributed by atoms with Gasteiger partial charge in [0.05, 0.1) is 25.6 Å². The molecule has 1 saturated heterocycles. The summed E-state index contributed by atoms with van der Waals surface area (Å²) in [5.41, 5.74) is 5.15. The standard InChI is InChI=1S/C27H25N5O3/c1-19-2-3-22(14-21(19)4-5-24-16-29-26-17-28-6-7-32(24)26)27(34)30-23-12-20(13-25(33)15-23)18-31-8-10-35-11-9-31/h2-3,6-7,12-17,33H,8-11,18H2,1H3,(H,30,34). The zero-order valence-corrected chi connectivity index (χ0v) is 19.4.